The van der Waals surface area contributed by atoms with E-state index in [9.17, 15) is 14.0 Å². The molecule has 0 saturated heterocycles. The zero-order valence-corrected chi connectivity index (χ0v) is 24.5. The highest BCUT2D eigenvalue weighted by Gasteiger charge is 2.27. The molecule has 0 bridgehead atoms. The SMILES string of the molecule is O=C(NC1CCC(NC(=O)c2cnn3cccnc23)CC1)c1cc(F)cnc1Oc1cccc(-c2ccc(CCCO)cc2)c1. The number of halogens is 1. The third-order valence-electron chi connectivity index (χ3n) is 7.94. The molecule has 3 aromatic heterocycles. The lowest BCUT2D eigenvalue weighted by Gasteiger charge is -2.29. The molecule has 11 heteroatoms. The van der Waals surface area contributed by atoms with E-state index in [2.05, 4.69) is 25.7 Å². The standard InChI is InChI=1S/C34H33FN6O4/c35-25-19-29(34(37-20-25)45-28-6-1-5-24(18-28)23-9-7-22(8-10-23)4-2-17-42)32(43)39-26-11-13-27(14-12-26)40-33(44)30-21-38-41-16-3-15-36-31(30)41/h1,3,5-10,15-16,18-21,26-27,42H,2,4,11-14,17H2,(H,39,43)(H,40,44). The molecular formula is C34H33FN6O4. The Morgan fingerprint density at radius 2 is 1.62 bits per heavy atom. The summed E-state index contributed by atoms with van der Waals surface area (Å²) in [6.07, 6.45) is 10.0. The van der Waals surface area contributed by atoms with Crippen molar-refractivity contribution in [2.24, 2.45) is 0 Å². The lowest BCUT2D eigenvalue weighted by atomic mass is 9.91. The van der Waals surface area contributed by atoms with Crippen LogP contribution in [0.25, 0.3) is 16.8 Å². The molecule has 230 valence electrons. The molecule has 3 N–H and O–H groups in total. The van der Waals surface area contributed by atoms with Gasteiger partial charge in [0.05, 0.1) is 12.4 Å². The Morgan fingerprint density at radius 3 is 2.36 bits per heavy atom. The van der Waals surface area contributed by atoms with Crippen molar-refractivity contribution < 1.29 is 23.8 Å². The van der Waals surface area contributed by atoms with E-state index >= 15 is 0 Å². The fourth-order valence-electron chi connectivity index (χ4n) is 5.56. The molecule has 0 atom stereocenters. The van der Waals surface area contributed by atoms with E-state index in [0.29, 0.717) is 49.1 Å². The maximum atomic E-state index is 14.2. The Balaban J connectivity index is 1.07. The fourth-order valence-corrected chi connectivity index (χ4v) is 5.56. The number of hydrogen-bond acceptors (Lipinski definition) is 7. The van der Waals surface area contributed by atoms with E-state index in [1.54, 1.807) is 29.0 Å². The van der Waals surface area contributed by atoms with Gasteiger partial charge in [0.15, 0.2) is 5.65 Å². The van der Waals surface area contributed by atoms with Gasteiger partial charge in [0, 0.05) is 31.1 Å². The molecule has 3 heterocycles. The van der Waals surface area contributed by atoms with Crippen molar-refractivity contribution in [1.29, 1.82) is 0 Å². The van der Waals surface area contributed by atoms with Crippen LogP contribution in [-0.4, -0.2) is 55.2 Å². The summed E-state index contributed by atoms with van der Waals surface area (Å²) in [7, 11) is 0. The van der Waals surface area contributed by atoms with Gasteiger partial charge in [-0.15, -0.1) is 0 Å². The Labute approximate surface area is 259 Å². The second-order valence-electron chi connectivity index (χ2n) is 11.1. The van der Waals surface area contributed by atoms with Crippen LogP contribution >= 0.6 is 0 Å². The van der Waals surface area contributed by atoms with Gasteiger partial charge in [-0.1, -0.05) is 36.4 Å². The molecule has 1 aliphatic carbocycles. The van der Waals surface area contributed by atoms with Crippen molar-refractivity contribution in [1.82, 2.24) is 30.2 Å². The number of carbonyl (C=O) groups is 2. The second-order valence-corrected chi connectivity index (χ2v) is 11.1. The zero-order chi connectivity index (χ0) is 31.2. The number of amides is 2. The second kappa shape index (κ2) is 13.6. The van der Waals surface area contributed by atoms with E-state index in [4.69, 9.17) is 9.84 Å². The summed E-state index contributed by atoms with van der Waals surface area (Å²) in [5.41, 5.74) is 3.95. The summed E-state index contributed by atoms with van der Waals surface area (Å²) >= 11 is 0. The average Bonchev–Trinajstić information content (AvgIpc) is 3.50. The highest BCUT2D eigenvalue weighted by atomic mass is 19.1. The number of benzene rings is 2. The number of aliphatic hydroxyl groups excluding tert-OH is 1. The number of fused-ring (bicyclic) bond motifs is 1. The van der Waals surface area contributed by atoms with Gasteiger partial charge in [0.2, 0.25) is 5.88 Å². The molecule has 5 aromatic rings. The van der Waals surface area contributed by atoms with Gasteiger partial charge in [-0.05, 0) is 79.5 Å². The lowest BCUT2D eigenvalue weighted by Crippen LogP contribution is -2.43. The van der Waals surface area contributed by atoms with Crippen LogP contribution in [0.5, 0.6) is 11.6 Å². The smallest absolute Gasteiger partial charge is 0.257 e. The minimum atomic E-state index is -0.642. The molecule has 2 aromatic carbocycles. The number of ether oxygens (including phenoxy) is 1. The topological polar surface area (TPSA) is 131 Å². The maximum absolute atomic E-state index is 14.2. The molecule has 2 amide bonds. The van der Waals surface area contributed by atoms with Gasteiger partial charge in [-0.2, -0.15) is 5.10 Å². The van der Waals surface area contributed by atoms with Crippen LogP contribution < -0.4 is 15.4 Å². The number of aliphatic hydroxyl groups is 1. The van der Waals surface area contributed by atoms with Crippen molar-refractivity contribution in [2.45, 2.75) is 50.6 Å². The van der Waals surface area contributed by atoms with Crippen LogP contribution in [0.3, 0.4) is 0 Å². The van der Waals surface area contributed by atoms with Crippen LogP contribution in [0, 0.1) is 5.82 Å². The molecule has 1 saturated carbocycles. The summed E-state index contributed by atoms with van der Waals surface area (Å²) in [4.78, 5) is 34.5. The number of rotatable bonds is 10. The highest BCUT2D eigenvalue weighted by molar-refractivity contribution is 5.99. The van der Waals surface area contributed by atoms with Gasteiger partial charge in [0.1, 0.15) is 22.7 Å². The summed E-state index contributed by atoms with van der Waals surface area (Å²) in [5.74, 6) is -0.883. The predicted octanol–water partition coefficient (Wildman–Crippen LogP) is 5.12. The van der Waals surface area contributed by atoms with E-state index in [0.717, 1.165) is 35.4 Å². The molecule has 10 nitrogen and oxygen atoms in total. The highest BCUT2D eigenvalue weighted by Crippen LogP contribution is 2.29. The number of carbonyl (C=O) groups excluding carboxylic acids is 2. The van der Waals surface area contributed by atoms with Crippen molar-refractivity contribution in [3.05, 3.63) is 108 Å². The summed E-state index contributed by atoms with van der Waals surface area (Å²) in [5, 5.41) is 19.3. The number of nitrogens with zero attached hydrogens (tertiary/aromatic N) is 4. The van der Waals surface area contributed by atoms with Crippen LogP contribution in [0.4, 0.5) is 4.39 Å². The lowest BCUT2D eigenvalue weighted by molar-refractivity contribution is 0.0890. The molecule has 0 radical (unpaired) electrons. The summed E-state index contributed by atoms with van der Waals surface area (Å²) < 4.78 is 21.8. The third-order valence-corrected chi connectivity index (χ3v) is 7.94. The minimum absolute atomic E-state index is 0.00431. The van der Waals surface area contributed by atoms with Gasteiger partial charge >= 0.3 is 0 Å². The normalized spacial score (nSPS) is 16.3. The van der Waals surface area contributed by atoms with Crippen LogP contribution in [0.15, 0.2) is 85.5 Å². The molecule has 1 aliphatic rings. The molecule has 0 spiro atoms. The molecule has 0 unspecified atom stereocenters. The van der Waals surface area contributed by atoms with Crippen LogP contribution in [0.2, 0.25) is 0 Å². The molecule has 45 heavy (non-hydrogen) atoms. The molecular weight excluding hydrogens is 575 g/mol. The Bertz CT molecular complexity index is 1800. The van der Waals surface area contributed by atoms with E-state index < -0.39 is 11.7 Å². The predicted molar refractivity (Wildman–Crippen MR) is 166 cm³/mol. The first-order chi connectivity index (χ1) is 22.0. The number of hydrogen-bond donors (Lipinski definition) is 3. The maximum Gasteiger partial charge on any atom is 0.257 e. The first kappa shape index (κ1) is 29.9. The van der Waals surface area contributed by atoms with Crippen LogP contribution in [0.1, 0.15) is 58.4 Å². The monoisotopic (exact) mass is 608 g/mol. The van der Waals surface area contributed by atoms with Gasteiger partial charge in [-0.25, -0.2) is 18.9 Å². The first-order valence-electron chi connectivity index (χ1n) is 15.0. The van der Waals surface area contributed by atoms with Crippen molar-refractivity contribution >= 4 is 17.5 Å². The largest absolute Gasteiger partial charge is 0.438 e. The van der Waals surface area contributed by atoms with E-state index in [-0.39, 0.29) is 36.0 Å². The van der Waals surface area contributed by atoms with Crippen molar-refractivity contribution in [2.75, 3.05) is 6.61 Å². The van der Waals surface area contributed by atoms with Gasteiger partial charge in [-0.3, -0.25) is 9.59 Å². The molecule has 6 rings (SSSR count). The summed E-state index contributed by atoms with van der Waals surface area (Å²) in [6, 6.07) is 18.1. The van der Waals surface area contributed by atoms with Gasteiger partial charge in [0.25, 0.3) is 11.8 Å². The number of aryl methyl sites for hydroxylation is 1. The quantitative estimate of drug-likeness (QED) is 0.201. The summed E-state index contributed by atoms with van der Waals surface area (Å²) in [6.45, 7) is 0.156. The van der Waals surface area contributed by atoms with Crippen molar-refractivity contribution in [3.8, 4) is 22.8 Å². The Morgan fingerprint density at radius 1 is 0.889 bits per heavy atom. The third kappa shape index (κ3) is 7.15. The molecule has 0 aliphatic heterocycles. The first-order valence-corrected chi connectivity index (χ1v) is 15.0. The van der Waals surface area contributed by atoms with Crippen molar-refractivity contribution in [3.63, 3.8) is 0 Å². The van der Waals surface area contributed by atoms with E-state index in [1.165, 1.54) is 6.20 Å². The number of aromatic nitrogens is 4. The fraction of sp³-hybridized carbons (Fsp3) is 0.265. The number of nitrogens with one attached hydrogen (secondary N) is 2. The molecule has 1 fully saturated rings. The number of pyridine rings is 1. The van der Waals surface area contributed by atoms with E-state index in [1.807, 2.05) is 42.5 Å². The minimum Gasteiger partial charge on any atom is -0.438 e. The zero-order valence-electron chi connectivity index (χ0n) is 24.5. The Hall–Kier alpha value is -5.16. The Kier molecular flexibility index (Phi) is 9.06. The van der Waals surface area contributed by atoms with Gasteiger partial charge < -0.3 is 20.5 Å². The van der Waals surface area contributed by atoms with Crippen LogP contribution in [-0.2, 0) is 6.42 Å². The average molecular weight is 609 g/mol.